The Labute approximate surface area is 138 Å². The Balaban J connectivity index is 1.83. The zero-order chi connectivity index (χ0) is 15.9. The van der Waals surface area contributed by atoms with Crippen LogP contribution in [0.4, 0.5) is 11.8 Å². The fourth-order valence-electron chi connectivity index (χ4n) is 3.01. The van der Waals surface area contributed by atoms with Crippen molar-refractivity contribution in [2.75, 3.05) is 17.2 Å². The van der Waals surface area contributed by atoms with E-state index in [1.54, 1.807) is 0 Å². The summed E-state index contributed by atoms with van der Waals surface area (Å²) < 4.78 is 0. The summed E-state index contributed by atoms with van der Waals surface area (Å²) in [5, 5.41) is 6.95. The van der Waals surface area contributed by atoms with Gasteiger partial charge < -0.3 is 10.6 Å². The van der Waals surface area contributed by atoms with E-state index >= 15 is 0 Å². The first-order chi connectivity index (χ1) is 11.3. The van der Waals surface area contributed by atoms with Crippen molar-refractivity contribution < 1.29 is 0 Å². The van der Waals surface area contributed by atoms with Gasteiger partial charge in [0.25, 0.3) is 0 Å². The van der Waals surface area contributed by atoms with E-state index in [0.717, 1.165) is 36.0 Å². The number of rotatable bonds is 7. The molecule has 23 heavy (non-hydrogen) atoms. The predicted octanol–water partition coefficient (Wildman–Crippen LogP) is 4.71. The molecule has 1 aromatic heterocycles. The maximum atomic E-state index is 4.73. The predicted molar refractivity (Wildman–Crippen MR) is 96.7 cm³/mol. The summed E-state index contributed by atoms with van der Waals surface area (Å²) >= 11 is 0. The summed E-state index contributed by atoms with van der Waals surface area (Å²) in [6, 6.07) is 12.9. The summed E-state index contributed by atoms with van der Waals surface area (Å²) in [4.78, 5) is 9.39. The van der Waals surface area contributed by atoms with Gasteiger partial charge in [-0.2, -0.15) is 4.98 Å². The maximum Gasteiger partial charge on any atom is 0.225 e. The SMILES string of the molecule is CCCCNc1cc(-c2ccccc2)nc(NC2CCCC2)n1. The highest BCUT2D eigenvalue weighted by Crippen LogP contribution is 2.24. The third-order valence-electron chi connectivity index (χ3n) is 4.32. The van der Waals surface area contributed by atoms with Crippen molar-refractivity contribution in [1.82, 2.24) is 9.97 Å². The number of hydrogen-bond acceptors (Lipinski definition) is 4. The Kier molecular flexibility index (Phi) is 5.46. The quantitative estimate of drug-likeness (QED) is 0.727. The molecular weight excluding hydrogens is 284 g/mol. The molecule has 0 bridgehead atoms. The Morgan fingerprint density at radius 1 is 1.09 bits per heavy atom. The second-order valence-electron chi connectivity index (χ2n) is 6.23. The van der Waals surface area contributed by atoms with Crippen LogP contribution in [0.25, 0.3) is 11.3 Å². The first kappa shape index (κ1) is 15.8. The Bertz CT molecular complexity index is 606. The molecule has 2 aromatic rings. The van der Waals surface area contributed by atoms with Crippen LogP contribution >= 0.6 is 0 Å². The van der Waals surface area contributed by atoms with Gasteiger partial charge in [0.1, 0.15) is 5.82 Å². The van der Waals surface area contributed by atoms with E-state index in [1.165, 1.54) is 32.1 Å². The molecule has 0 spiro atoms. The van der Waals surface area contributed by atoms with Gasteiger partial charge in [-0.25, -0.2) is 4.98 Å². The minimum atomic E-state index is 0.518. The number of benzene rings is 1. The van der Waals surface area contributed by atoms with E-state index in [1.807, 2.05) is 24.3 Å². The zero-order valence-electron chi connectivity index (χ0n) is 13.9. The topological polar surface area (TPSA) is 49.8 Å². The summed E-state index contributed by atoms with van der Waals surface area (Å²) in [7, 11) is 0. The van der Waals surface area contributed by atoms with Crippen LogP contribution in [0, 0.1) is 0 Å². The van der Waals surface area contributed by atoms with E-state index in [4.69, 9.17) is 4.98 Å². The molecule has 1 fully saturated rings. The van der Waals surface area contributed by atoms with E-state index in [9.17, 15) is 0 Å². The second kappa shape index (κ2) is 7.95. The molecule has 122 valence electrons. The van der Waals surface area contributed by atoms with Gasteiger partial charge in [0, 0.05) is 24.2 Å². The minimum Gasteiger partial charge on any atom is -0.370 e. The fourth-order valence-corrected chi connectivity index (χ4v) is 3.01. The van der Waals surface area contributed by atoms with Crippen LogP contribution in [-0.2, 0) is 0 Å². The number of aromatic nitrogens is 2. The summed E-state index contributed by atoms with van der Waals surface area (Å²) in [6.07, 6.45) is 7.37. The van der Waals surface area contributed by atoms with E-state index in [0.29, 0.717) is 6.04 Å². The molecule has 0 unspecified atom stereocenters. The van der Waals surface area contributed by atoms with Crippen LogP contribution in [0.2, 0.25) is 0 Å². The molecule has 0 atom stereocenters. The van der Waals surface area contributed by atoms with Gasteiger partial charge in [0.15, 0.2) is 0 Å². The van der Waals surface area contributed by atoms with Crippen molar-refractivity contribution in [2.24, 2.45) is 0 Å². The Morgan fingerprint density at radius 2 is 1.87 bits per heavy atom. The first-order valence-corrected chi connectivity index (χ1v) is 8.80. The van der Waals surface area contributed by atoms with Crippen LogP contribution < -0.4 is 10.6 Å². The molecule has 0 aliphatic heterocycles. The molecular formula is C19H26N4. The van der Waals surface area contributed by atoms with Gasteiger partial charge in [-0.05, 0) is 19.3 Å². The molecule has 1 saturated carbocycles. The van der Waals surface area contributed by atoms with Crippen molar-refractivity contribution >= 4 is 11.8 Å². The van der Waals surface area contributed by atoms with Crippen molar-refractivity contribution in [1.29, 1.82) is 0 Å². The van der Waals surface area contributed by atoms with Crippen molar-refractivity contribution in [3.63, 3.8) is 0 Å². The number of unbranched alkanes of at least 4 members (excludes halogenated alkanes) is 1. The van der Waals surface area contributed by atoms with Crippen LogP contribution in [0.1, 0.15) is 45.4 Å². The third-order valence-corrected chi connectivity index (χ3v) is 4.32. The van der Waals surface area contributed by atoms with Gasteiger partial charge >= 0.3 is 0 Å². The fraction of sp³-hybridized carbons (Fsp3) is 0.474. The lowest BCUT2D eigenvalue weighted by Gasteiger charge is -2.15. The van der Waals surface area contributed by atoms with E-state index in [-0.39, 0.29) is 0 Å². The highest BCUT2D eigenvalue weighted by atomic mass is 15.2. The molecule has 1 heterocycles. The lowest BCUT2D eigenvalue weighted by atomic mass is 10.1. The molecule has 0 saturated heterocycles. The van der Waals surface area contributed by atoms with E-state index in [2.05, 4.69) is 34.7 Å². The smallest absolute Gasteiger partial charge is 0.225 e. The van der Waals surface area contributed by atoms with Gasteiger partial charge in [0.05, 0.1) is 5.69 Å². The number of anilines is 2. The highest BCUT2D eigenvalue weighted by molar-refractivity contribution is 5.64. The zero-order valence-corrected chi connectivity index (χ0v) is 13.9. The van der Waals surface area contributed by atoms with Crippen molar-refractivity contribution in [2.45, 2.75) is 51.5 Å². The molecule has 2 N–H and O–H groups in total. The monoisotopic (exact) mass is 310 g/mol. The lowest BCUT2D eigenvalue weighted by molar-refractivity contribution is 0.744. The summed E-state index contributed by atoms with van der Waals surface area (Å²) in [6.45, 7) is 3.15. The van der Waals surface area contributed by atoms with Gasteiger partial charge in [0.2, 0.25) is 5.95 Å². The molecule has 1 aliphatic carbocycles. The Morgan fingerprint density at radius 3 is 2.61 bits per heavy atom. The van der Waals surface area contributed by atoms with Crippen LogP contribution in [0.5, 0.6) is 0 Å². The number of hydrogen-bond donors (Lipinski definition) is 2. The van der Waals surface area contributed by atoms with Crippen molar-refractivity contribution in [3.05, 3.63) is 36.4 Å². The van der Waals surface area contributed by atoms with Crippen LogP contribution in [-0.4, -0.2) is 22.6 Å². The van der Waals surface area contributed by atoms with Gasteiger partial charge in [-0.1, -0.05) is 56.5 Å². The molecule has 0 radical (unpaired) electrons. The molecule has 3 rings (SSSR count). The highest BCUT2D eigenvalue weighted by Gasteiger charge is 2.16. The largest absolute Gasteiger partial charge is 0.370 e. The lowest BCUT2D eigenvalue weighted by Crippen LogP contribution is -2.17. The van der Waals surface area contributed by atoms with Crippen LogP contribution in [0.3, 0.4) is 0 Å². The number of nitrogens with zero attached hydrogens (tertiary/aromatic N) is 2. The summed E-state index contributed by atoms with van der Waals surface area (Å²) in [5.41, 5.74) is 2.10. The van der Waals surface area contributed by atoms with Crippen LogP contribution in [0.15, 0.2) is 36.4 Å². The standard InChI is InChI=1S/C19H26N4/c1-2-3-13-20-18-14-17(15-9-5-4-6-10-15)22-19(23-18)21-16-11-7-8-12-16/h4-6,9-10,14,16H,2-3,7-8,11-13H2,1H3,(H2,20,21,22,23). The molecule has 1 aromatic carbocycles. The Hall–Kier alpha value is -2.10. The normalized spacial score (nSPS) is 14.8. The minimum absolute atomic E-state index is 0.518. The van der Waals surface area contributed by atoms with Gasteiger partial charge in [-0.3, -0.25) is 0 Å². The molecule has 0 amide bonds. The molecule has 4 nitrogen and oxygen atoms in total. The molecule has 4 heteroatoms. The number of nitrogens with one attached hydrogen (secondary N) is 2. The van der Waals surface area contributed by atoms with E-state index < -0.39 is 0 Å². The average Bonchev–Trinajstić information content (AvgIpc) is 3.09. The third kappa shape index (κ3) is 4.44. The average molecular weight is 310 g/mol. The first-order valence-electron chi connectivity index (χ1n) is 8.80. The second-order valence-corrected chi connectivity index (χ2v) is 6.23. The maximum absolute atomic E-state index is 4.73. The van der Waals surface area contributed by atoms with Gasteiger partial charge in [-0.15, -0.1) is 0 Å². The van der Waals surface area contributed by atoms with Crippen molar-refractivity contribution in [3.8, 4) is 11.3 Å². The molecule has 1 aliphatic rings. The summed E-state index contributed by atoms with van der Waals surface area (Å²) in [5.74, 6) is 1.66.